The third-order valence-corrected chi connectivity index (χ3v) is 6.22. The van der Waals surface area contributed by atoms with E-state index in [1.807, 2.05) is 0 Å². The standard InChI is InChI=1S/C19H15F3N6OS/c1-27-12(7-11(26-27)17(21)22)19(29)28-6-5-10-15(24-8-23-10)16(28)18-25-14-9(20)3-2-4-13(14)30-18/h2-4,7-8,16-17H,5-6H2,1H3,(H,23,24)/t16-/m0/s1. The zero-order valence-electron chi connectivity index (χ0n) is 15.6. The summed E-state index contributed by atoms with van der Waals surface area (Å²) in [6.45, 7) is 0.326. The zero-order valence-corrected chi connectivity index (χ0v) is 16.5. The molecule has 4 aromatic rings. The van der Waals surface area contributed by atoms with Crippen molar-refractivity contribution < 1.29 is 18.0 Å². The van der Waals surface area contributed by atoms with Gasteiger partial charge in [0, 0.05) is 25.7 Å². The first-order valence-corrected chi connectivity index (χ1v) is 9.96. The van der Waals surface area contributed by atoms with Crippen molar-refractivity contribution in [3.63, 3.8) is 0 Å². The van der Waals surface area contributed by atoms with Gasteiger partial charge >= 0.3 is 0 Å². The van der Waals surface area contributed by atoms with Crippen LogP contribution < -0.4 is 0 Å². The van der Waals surface area contributed by atoms with Gasteiger partial charge in [-0.05, 0) is 18.2 Å². The summed E-state index contributed by atoms with van der Waals surface area (Å²) in [5.74, 6) is -0.908. The number of alkyl halides is 2. The van der Waals surface area contributed by atoms with E-state index in [4.69, 9.17) is 0 Å². The summed E-state index contributed by atoms with van der Waals surface area (Å²) in [5, 5.41) is 4.25. The molecule has 1 aromatic carbocycles. The van der Waals surface area contributed by atoms with Gasteiger partial charge in [0.05, 0.1) is 16.7 Å². The first-order valence-electron chi connectivity index (χ1n) is 9.14. The molecular weight excluding hydrogens is 417 g/mol. The number of nitrogens with one attached hydrogen (secondary N) is 1. The number of aromatic amines is 1. The molecule has 3 aromatic heterocycles. The van der Waals surface area contributed by atoms with Gasteiger partial charge in [-0.25, -0.2) is 23.1 Å². The molecule has 0 saturated carbocycles. The second-order valence-corrected chi connectivity index (χ2v) is 8.00. The van der Waals surface area contributed by atoms with Crippen molar-refractivity contribution in [1.29, 1.82) is 0 Å². The van der Waals surface area contributed by atoms with Crippen molar-refractivity contribution in [2.45, 2.75) is 18.9 Å². The smallest absolute Gasteiger partial charge is 0.282 e. The van der Waals surface area contributed by atoms with Crippen LogP contribution in [0.3, 0.4) is 0 Å². The van der Waals surface area contributed by atoms with E-state index < -0.39 is 29.9 Å². The Morgan fingerprint density at radius 1 is 1.37 bits per heavy atom. The Kier molecular flexibility index (Phi) is 4.35. The maximum Gasteiger partial charge on any atom is 0.282 e. The first-order chi connectivity index (χ1) is 14.4. The monoisotopic (exact) mass is 432 g/mol. The van der Waals surface area contributed by atoms with Crippen LogP contribution in [-0.2, 0) is 13.5 Å². The number of H-pyrrole nitrogens is 1. The van der Waals surface area contributed by atoms with Crippen molar-refractivity contribution in [2.24, 2.45) is 7.05 Å². The fourth-order valence-corrected chi connectivity index (χ4v) is 4.84. The Balaban J connectivity index is 1.62. The molecule has 1 amide bonds. The van der Waals surface area contributed by atoms with E-state index in [0.29, 0.717) is 28.4 Å². The fraction of sp³-hybridized carbons (Fsp3) is 0.263. The minimum absolute atomic E-state index is 0.0431. The molecule has 154 valence electrons. The van der Waals surface area contributed by atoms with Crippen LogP contribution in [0, 0.1) is 5.82 Å². The highest BCUT2D eigenvalue weighted by atomic mass is 32.1. The minimum Gasteiger partial charge on any atom is -0.348 e. The zero-order chi connectivity index (χ0) is 21.0. The highest BCUT2D eigenvalue weighted by Crippen LogP contribution is 2.38. The van der Waals surface area contributed by atoms with Crippen molar-refractivity contribution in [3.8, 4) is 0 Å². The van der Waals surface area contributed by atoms with Crippen LogP contribution in [0.4, 0.5) is 13.2 Å². The number of thiazole rings is 1. The lowest BCUT2D eigenvalue weighted by Gasteiger charge is -2.33. The van der Waals surface area contributed by atoms with Gasteiger partial charge in [-0.15, -0.1) is 11.3 Å². The Hall–Kier alpha value is -3.21. The van der Waals surface area contributed by atoms with Gasteiger partial charge in [-0.3, -0.25) is 9.48 Å². The average molecular weight is 432 g/mol. The Morgan fingerprint density at radius 2 is 2.20 bits per heavy atom. The molecule has 0 unspecified atom stereocenters. The number of imidazole rings is 1. The largest absolute Gasteiger partial charge is 0.348 e. The van der Waals surface area contributed by atoms with E-state index in [0.717, 1.165) is 16.4 Å². The highest BCUT2D eigenvalue weighted by molar-refractivity contribution is 7.18. The first kappa shape index (κ1) is 18.8. The van der Waals surface area contributed by atoms with Gasteiger partial charge in [0.15, 0.2) is 0 Å². The highest BCUT2D eigenvalue weighted by Gasteiger charge is 2.38. The van der Waals surface area contributed by atoms with E-state index in [1.54, 1.807) is 18.5 Å². The van der Waals surface area contributed by atoms with Crippen molar-refractivity contribution in [2.75, 3.05) is 6.54 Å². The molecule has 1 N–H and O–H groups in total. The van der Waals surface area contributed by atoms with Gasteiger partial charge in [0.1, 0.15) is 33.8 Å². The van der Waals surface area contributed by atoms with E-state index in [1.165, 1.54) is 29.4 Å². The summed E-state index contributed by atoms with van der Waals surface area (Å²) in [6, 6.07) is 5.13. The molecule has 1 atom stereocenters. The van der Waals surface area contributed by atoms with Crippen LogP contribution in [0.25, 0.3) is 10.2 Å². The van der Waals surface area contributed by atoms with E-state index >= 15 is 0 Å². The number of halogens is 3. The lowest BCUT2D eigenvalue weighted by Crippen LogP contribution is -2.41. The third-order valence-electron chi connectivity index (χ3n) is 5.15. The summed E-state index contributed by atoms with van der Waals surface area (Å²) in [6.07, 6.45) is -0.713. The number of fused-ring (bicyclic) bond motifs is 2. The quantitative estimate of drug-likeness (QED) is 0.536. The van der Waals surface area contributed by atoms with Crippen LogP contribution in [0.2, 0.25) is 0 Å². The number of hydrogen-bond acceptors (Lipinski definition) is 5. The number of carbonyl (C=O) groups excluding carboxylic acids is 1. The number of hydrogen-bond donors (Lipinski definition) is 1. The van der Waals surface area contributed by atoms with Crippen LogP contribution in [-0.4, -0.2) is 42.1 Å². The molecular formula is C19H15F3N6OS. The fourth-order valence-electron chi connectivity index (χ4n) is 3.74. The SMILES string of the molecule is Cn1nc(C(F)F)cc1C(=O)N1CCc2[nH]cnc2[C@H]1c1nc2c(F)cccc2s1. The van der Waals surface area contributed by atoms with Gasteiger partial charge < -0.3 is 9.88 Å². The lowest BCUT2D eigenvalue weighted by atomic mass is 10.0. The molecule has 4 heterocycles. The molecule has 30 heavy (non-hydrogen) atoms. The lowest BCUT2D eigenvalue weighted by molar-refractivity contribution is 0.0679. The minimum atomic E-state index is -2.78. The molecule has 0 spiro atoms. The number of amides is 1. The van der Waals surface area contributed by atoms with Crippen LogP contribution >= 0.6 is 11.3 Å². The van der Waals surface area contributed by atoms with Gasteiger partial charge in [-0.1, -0.05) is 6.07 Å². The van der Waals surface area contributed by atoms with Gasteiger partial charge in [0.25, 0.3) is 12.3 Å². The summed E-state index contributed by atoms with van der Waals surface area (Å²) in [7, 11) is 1.45. The van der Waals surface area contributed by atoms with Crippen molar-refractivity contribution in [3.05, 3.63) is 64.2 Å². The van der Waals surface area contributed by atoms with E-state index in [-0.39, 0.29) is 11.2 Å². The molecule has 7 nitrogen and oxygen atoms in total. The normalized spacial score (nSPS) is 16.4. The van der Waals surface area contributed by atoms with Crippen LogP contribution in [0.1, 0.15) is 45.0 Å². The molecule has 1 aliphatic rings. The van der Waals surface area contributed by atoms with E-state index in [9.17, 15) is 18.0 Å². The maximum atomic E-state index is 14.2. The second kappa shape index (κ2) is 6.94. The number of aryl methyl sites for hydroxylation is 1. The maximum absolute atomic E-state index is 14.2. The van der Waals surface area contributed by atoms with Crippen molar-refractivity contribution >= 4 is 27.5 Å². The number of benzene rings is 1. The molecule has 0 aliphatic carbocycles. The predicted molar refractivity (Wildman–Crippen MR) is 103 cm³/mol. The Morgan fingerprint density at radius 3 is 2.93 bits per heavy atom. The van der Waals surface area contributed by atoms with Crippen LogP contribution in [0.15, 0.2) is 30.6 Å². The Bertz CT molecular complexity index is 1260. The summed E-state index contributed by atoms with van der Waals surface area (Å²) in [5.41, 5.74) is 1.29. The second-order valence-electron chi connectivity index (χ2n) is 6.93. The number of nitrogens with zero attached hydrogens (tertiary/aromatic N) is 5. The van der Waals surface area contributed by atoms with Gasteiger partial charge in [-0.2, -0.15) is 5.10 Å². The summed E-state index contributed by atoms with van der Waals surface area (Å²) in [4.78, 5) is 26.8. The summed E-state index contributed by atoms with van der Waals surface area (Å²) < 4.78 is 42.1. The van der Waals surface area contributed by atoms with Gasteiger partial charge in [0.2, 0.25) is 0 Å². The molecule has 0 radical (unpaired) electrons. The molecule has 0 saturated heterocycles. The predicted octanol–water partition coefficient (Wildman–Crippen LogP) is 3.62. The number of aromatic nitrogens is 5. The van der Waals surface area contributed by atoms with Crippen LogP contribution in [0.5, 0.6) is 0 Å². The molecule has 5 rings (SSSR count). The van der Waals surface area contributed by atoms with Crippen molar-refractivity contribution in [1.82, 2.24) is 29.6 Å². The molecule has 0 fully saturated rings. The Labute approximate surface area is 172 Å². The number of rotatable bonds is 3. The van der Waals surface area contributed by atoms with E-state index in [2.05, 4.69) is 20.1 Å². The molecule has 0 bridgehead atoms. The molecule has 1 aliphatic heterocycles. The molecule has 11 heteroatoms. The third kappa shape index (κ3) is 2.88. The average Bonchev–Trinajstić information content (AvgIpc) is 3.44. The topological polar surface area (TPSA) is 79.7 Å². The summed E-state index contributed by atoms with van der Waals surface area (Å²) >= 11 is 1.27. The number of para-hydroxylation sites is 1. The number of carbonyl (C=O) groups is 1.